The third-order valence-electron chi connectivity index (χ3n) is 3.12. The van der Waals surface area contributed by atoms with E-state index in [-0.39, 0.29) is 11.8 Å². The summed E-state index contributed by atoms with van der Waals surface area (Å²) in [6.07, 6.45) is 5.16. The molecule has 0 bridgehead atoms. The zero-order chi connectivity index (χ0) is 14.7. The SMILES string of the molecule is Cc1nccn1-c1ncccc1NC(=O)C(N)C(C)C. The lowest BCUT2D eigenvalue weighted by molar-refractivity contribution is -0.118. The molecule has 0 aliphatic heterocycles. The highest BCUT2D eigenvalue weighted by Crippen LogP contribution is 2.19. The molecule has 0 aliphatic rings. The van der Waals surface area contributed by atoms with Crippen molar-refractivity contribution in [1.29, 1.82) is 0 Å². The molecule has 0 radical (unpaired) electrons. The van der Waals surface area contributed by atoms with Gasteiger partial charge in [0.25, 0.3) is 0 Å². The van der Waals surface area contributed by atoms with Crippen LogP contribution in [0.15, 0.2) is 30.7 Å². The molecular formula is C14H19N5O. The molecule has 2 aromatic rings. The van der Waals surface area contributed by atoms with Crippen LogP contribution in [0.4, 0.5) is 5.69 Å². The summed E-state index contributed by atoms with van der Waals surface area (Å²) >= 11 is 0. The Morgan fingerprint density at radius 2 is 2.10 bits per heavy atom. The van der Waals surface area contributed by atoms with Crippen molar-refractivity contribution in [2.24, 2.45) is 11.7 Å². The molecule has 3 N–H and O–H groups in total. The Hall–Kier alpha value is -2.21. The van der Waals surface area contributed by atoms with Gasteiger partial charge in [0, 0.05) is 18.6 Å². The van der Waals surface area contributed by atoms with E-state index in [0.29, 0.717) is 11.5 Å². The first-order chi connectivity index (χ1) is 9.50. The number of hydrogen-bond acceptors (Lipinski definition) is 4. The number of pyridine rings is 1. The molecule has 2 heterocycles. The minimum atomic E-state index is -0.549. The summed E-state index contributed by atoms with van der Waals surface area (Å²) in [5.41, 5.74) is 6.47. The summed E-state index contributed by atoms with van der Waals surface area (Å²) in [6.45, 7) is 5.70. The third-order valence-corrected chi connectivity index (χ3v) is 3.12. The molecule has 0 saturated carbocycles. The number of nitrogens with two attached hydrogens (primary N) is 1. The topological polar surface area (TPSA) is 85.8 Å². The standard InChI is InChI=1S/C14H19N5O/c1-9(2)12(15)14(20)18-11-5-4-6-17-13(11)19-8-7-16-10(19)3/h4-9,12H,15H2,1-3H3,(H,18,20). The molecule has 6 heteroatoms. The number of anilines is 1. The van der Waals surface area contributed by atoms with Crippen LogP contribution in [-0.2, 0) is 4.79 Å². The van der Waals surface area contributed by atoms with E-state index < -0.39 is 6.04 Å². The molecule has 1 amide bonds. The van der Waals surface area contributed by atoms with Crippen molar-refractivity contribution in [3.63, 3.8) is 0 Å². The van der Waals surface area contributed by atoms with E-state index in [9.17, 15) is 4.79 Å². The fraction of sp³-hybridized carbons (Fsp3) is 0.357. The van der Waals surface area contributed by atoms with Gasteiger partial charge < -0.3 is 11.1 Å². The van der Waals surface area contributed by atoms with Crippen molar-refractivity contribution < 1.29 is 4.79 Å². The van der Waals surface area contributed by atoms with Gasteiger partial charge in [-0.1, -0.05) is 13.8 Å². The largest absolute Gasteiger partial charge is 0.322 e. The van der Waals surface area contributed by atoms with Crippen molar-refractivity contribution in [3.8, 4) is 5.82 Å². The summed E-state index contributed by atoms with van der Waals surface area (Å²) in [5.74, 6) is 1.29. The van der Waals surface area contributed by atoms with Crippen LogP contribution in [0.5, 0.6) is 0 Å². The molecule has 20 heavy (non-hydrogen) atoms. The maximum absolute atomic E-state index is 12.1. The Bertz CT molecular complexity index is 605. The number of aromatic nitrogens is 3. The first kappa shape index (κ1) is 14.2. The smallest absolute Gasteiger partial charge is 0.241 e. The number of rotatable bonds is 4. The van der Waals surface area contributed by atoms with Gasteiger partial charge in [0.1, 0.15) is 5.82 Å². The minimum absolute atomic E-state index is 0.0742. The fourth-order valence-corrected chi connectivity index (χ4v) is 1.81. The average molecular weight is 273 g/mol. The van der Waals surface area contributed by atoms with Crippen LogP contribution in [0.2, 0.25) is 0 Å². The van der Waals surface area contributed by atoms with Gasteiger partial charge in [0.05, 0.1) is 11.7 Å². The van der Waals surface area contributed by atoms with E-state index in [1.165, 1.54) is 0 Å². The first-order valence-corrected chi connectivity index (χ1v) is 6.52. The second-order valence-corrected chi connectivity index (χ2v) is 4.98. The van der Waals surface area contributed by atoms with Crippen LogP contribution in [-0.4, -0.2) is 26.5 Å². The van der Waals surface area contributed by atoms with E-state index in [0.717, 1.165) is 5.82 Å². The summed E-state index contributed by atoms with van der Waals surface area (Å²) in [7, 11) is 0. The number of amides is 1. The van der Waals surface area contributed by atoms with Crippen LogP contribution in [0.1, 0.15) is 19.7 Å². The predicted molar refractivity (Wildman–Crippen MR) is 77.5 cm³/mol. The second kappa shape index (κ2) is 5.83. The average Bonchev–Trinajstić information content (AvgIpc) is 2.84. The summed E-state index contributed by atoms with van der Waals surface area (Å²) < 4.78 is 1.82. The van der Waals surface area contributed by atoms with Crippen molar-refractivity contribution in [1.82, 2.24) is 14.5 Å². The molecule has 2 aromatic heterocycles. The molecule has 0 saturated heterocycles. The van der Waals surface area contributed by atoms with Crippen molar-refractivity contribution in [2.75, 3.05) is 5.32 Å². The molecule has 0 aliphatic carbocycles. The molecule has 0 spiro atoms. The number of nitrogens with one attached hydrogen (secondary N) is 1. The fourth-order valence-electron chi connectivity index (χ4n) is 1.81. The maximum atomic E-state index is 12.1. The monoisotopic (exact) mass is 273 g/mol. The summed E-state index contributed by atoms with van der Waals surface area (Å²) in [5, 5.41) is 2.83. The minimum Gasteiger partial charge on any atom is -0.322 e. The van der Waals surface area contributed by atoms with Gasteiger partial charge in [-0.15, -0.1) is 0 Å². The van der Waals surface area contributed by atoms with Gasteiger partial charge in [0.2, 0.25) is 5.91 Å². The Labute approximate surface area is 118 Å². The van der Waals surface area contributed by atoms with E-state index in [1.807, 2.05) is 25.3 Å². The number of hydrogen-bond donors (Lipinski definition) is 2. The Balaban J connectivity index is 2.30. The van der Waals surface area contributed by atoms with Crippen LogP contribution >= 0.6 is 0 Å². The van der Waals surface area contributed by atoms with Gasteiger partial charge in [-0.3, -0.25) is 9.36 Å². The molecule has 2 rings (SSSR count). The van der Waals surface area contributed by atoms with Gasteiger partial charge in [-0.25, -0.2) is 9.97 Å². The summed E-state index contributed by atoms with van der Waals surface area (Å²) in [6, 6.07) is 3.02. The summed E-state index contributed by atoms with van der Waals surface area (Å²) in [4.78, 5) is 20.5. The molecule has 106 valence electrons. The van der Waals surface area contributed by atoms with Crippen LogP contribution in [0.25, 0.3) is 5.82 Å². The Morgan fingerprint density at radius 3 is 2.70 bits per heavy atom. The number of carbonyl (C=O) groups excluding carboxylic acids is 1. The number of carbonyl (C=O) groups is 1. The number of aryl methyl sites for hydroxylation is 1. The van der Waals surface area contributed by atoms with Gasteiger partial charge in [0.15, 0.2) is 5.82 Å². The van der Waals surface area contributed by atoms with E-state index in [4.69, 9.17) is 5.73 Å². The maximum Gasteiger partial charge on any atom is 0.241 e. The number of nitrogens with zero attached hydrogens (tertiary/aromatic N) is 3. The molecule has 1 atom stereocenters. The van der Waals surface area contributed by atoms with Gasteiger partial charge in [-0.05, 0) is 25.0 Å². The van der Waals surface area contributed by atoms with E-state index in [1.54, 1.807) is 30.7 Å². The predicted octanol–water partition coefficient (Wildman–Crippen LogP) is 1.50. The van der Waals surface area contributed by atoms with Crippen molar-refractivity contribution >= 4 is 11.6 Å². The second-order valence-electron chi connectivity index (χ2n) is 4.98. The highest BCUT2D eigenvalue weighted by molar-refractivity contribution is 5.96. The van der Waals surface area contributed by atoms with Crippen molar-refractivity contribution in [2.45, 2.75) is 26.8 Å². The van der Waals surface area contributed by atoms with E-state index in [2.05, 4.69) is 15.3 Å². The molecule has 6 nitrogen and oxygen atoms in total. The van der Waals surface area contributed by atoms with Crippen LogP contribution in [0, 0.1) is 12.8 Å². The lowest BCUT2D eigenvalue weighted by Crippen LogP contribution is -2.40. The highest BCUT2D eigenvalue weighted by Gasteiger charge is 2.19. The molecular weight excluding hydrogens is 254 g/mol. The zero-order valence-corrected chi connectivity index (χ0v) is 11.9. The Morgan fingerprint density at radius 1 is 1.35 bits per heavy atom. The van der Waals surface area contributed by atoms with Crippen LogP contribution in [0.3, 0.4) is 0 Å². The molecule has 0 fully saturated rings. The van der Waals surface area contributed by atoms with Gasteiger partial charge in [-0.2, -0.15) is 0 Å². The number of imidazole rings is 1. The van der Waals surface area contributed by atoms with E-state index >= 15 is 0 Å². The lowest BCUT2D eigenvalue weighted by Gasteiger charge is -2.17. The molecule has 1 unspecified atom stereocenters. The zero-order valence-electron chi connectivity index (χ0n) is 11.9. The first-order valence-electron chi connectivity index (χ1n) is 6.52. The quantitative estimate of drug-likeness (QED) is 0.884. The Kier molecular flexibility index (Phi) is 4.14. The van der Waals surface area contributed by atoms with Crippen molar-refractivity contribution in [3.05, 3.63) is 36.5 Å². The third kappa shape index (κ3) is 2.85. The lowest BCUT2D eigenvalue weighted by atomic mass is 10.1. The molecule has 0 aromatic carbocycles. The van der Waals surface area contributed by atoms with Gasteiger partial charge >= 0.3 is 0 Å². The van der Waals surface area contributed by atoms with Crippen LogP contribution < -0.4 is 11.1 Å². The highest BCUT2D eigenvalue weighted by atomic mass is 16.2. The normalized spacial score (nSPS) is 12.4.